The van der Waals surface area contributed by atoms with E-state index < -0.39 is 0 Å². The zero-order chi connectivity index (χ0) is 13.1. The number of hydrogen-bond acceptors (Lipinski definition) is 6. The van der Waals surface area contributed by atoms with Crippen LogP contribution in [0.4, 0.5) is 5.95 Å². The molecular weight excluding hydrogens is 230 g/mol. The number of anilines is 1. The molecule has 0 radical (unpaired) electrons. The van der Waals surface area contributed by atoms with E-state index >= 15 is 0 Å². The van der Waals surface area contributed by atoms with Crippen molar-refractivity contribution in [1.29, 1.82) is 0 Å². The summed E-state index contributed by atoms with van der Waals surface area (Å²) in [4.78, 5) is 8.47. The summed E-state index contributed by atoms with van der Waals surface area (Å²) in [6.07, 6.45) is 4.73. The van der Waals surface area contributed by atoms with Crippen molar-refractivity contribution in [3.05, 3.63) is 18.0 Å². The van der Waals surface area contributed by atoms with Gasteiger partial charge in [0.2, 0.25) is 5.95 Å². The van der Waals surface area contributed by atoms with Crippen LogP contribution in [0.2, 0.25) is 0 Å². The van der Waals surface area contributed by atoms with Crippen molar-refractivity contribution in [2.24, 2.45) is 0 Å². The molecule has 0 spiro atoms. The second-order valence-electron chi connectivity index (χ2n) is 3.99. The van der Waals surface area contributed by atoms with Gasteiger partial charge >= 0.3 is 0 Å². The molecule has 18 heavy (non-hydrogen) atoms. The van der Waals surface area contributed by atoms with Gasteiger partial charge in [0.05, 0.1) is 6.61 Å². The molecule has 0 aliphatic rings. The number of nitrogens with zero attached hydrogens (tertiary/aromatic N) is 2. The summed E-state index contributed by atoms with van der Waals surface area (Å²) in [6.45, 7) is 6.29. The standard InChI is InChI=1S/C12H23N5O/c1-2-3-15-12-16-9-11(10-17-12)8-14-5-4-13-6-7-18/h9-10,13-14,18H,2-8H2,1H3,(H,15,16,17). The summed E-state index contributed by atoms with van der Waals surface area (Å²) in [5.41, 5.74) is 1.07. The Hall–Kier alpha value is -1.24. The number of nitrogens with one attached hydrogen (secondary N) is 3. The minimum absolute atomic E-state index is 0.181. The Labute approximate surface area is 108 Å². The predicted molar refractivity (Wildman–Crippen MR) is 72.5 cm³/mol. The second-order valence-corrected chi connectivity index (χ2v) is 3.99. The van der Waals surface area contributed by atoms with Crippen molar-refractivity contribution in [3.63, 3.8) is 0 Å². The highest BCUT2D eigenvalue weighted by Gasteiger charge is 1.96. The minimum Gasteiger partial charge on any atom is -0.395 e. The first-order valence-corrected chi connectivity index (χ1v) is 6.44. The van der Waals surface area contributed by atoms with Gasteiger partial charge in [0.1, 0.15) is 0 Å². The molecule has 0 bridgehead atoms. The third-order valence-electron chi connectivity index (χ3n) is 2.33. The molecule has 0 unspecified atom stereocenters. The summed E-state index contributed by atoms with van der Waals surface area (Å²) in [5, 5.41) is 18.1. The Morgan fingerprint density at radius 3 is 2.44 bits per heavy atom. The summed E-state index contributed by atoms with van der Waals surface area (Å²) < 4.78 is 0. The van der Waals surface area contributed by atoms with Crippen LogP contribution in [0.15, 0.2) is 12.4 Å². The molecule has 0 amide bonds. The van der Waals surface area contributed by atoms with Crippen LogP contribution in [0.3, 0.4) is 0 Å². The van der Waals surface area contributed by atoms with Crippen molar-refractivity contribution in [2.75, 3.05) is 38.1 Å². The fourth-order valence-electron chi connectivity index (χ4n) is 1.39. The van der Waals surface area contributed by atoms with Gasteiger partial charge < -0.3 is 21.1 Å². The Balaban J connectivity index is 2.14. The summed E-state index contributed by atoms with van der Waals surface area (Å²) in [7, 11) is 0. The largest absolute Gasteiger partial charge is 0.395 e. The maximum absolute atomic E-state index is 8.58. The van der Waals surface area contributed by atoms with E-state index in [-0.39, 0.29) is 6.61 Å². The van der Waals surface area contributed by atoms with Crippen molar-refractivity contribution < 1.29 is 5.11 Å². The lowest BCUT2D eigenvalue weighted by Crippen LogP contribution is -2.28. The van der Waals surface area contributed by atoms with Crippen molar-refractivity contribution in [3.8, 4) is 0 Å². The van der Waals surface area contributed by atoms with E-state index in [0.29, 0.717) is 12.5 Å². The smallest absolute Gasteiger partial charge is 0.222 e. The molecule has 1 rings (SSSR count). The van der Waals surface area contributed by atoms with E-state index in [1.54, 1.807) is 0 Å². The van der Waals surface area contributed by atoms with E-state index in [2.05, 4.69) is 32.8 Å². The molecule has 0 aromatic carbocycles. The third-order valence-corrected chi connectivity index (χ3v) is 2.33. The SMILES string of the molecule is CCCNc1ncc(CNCCNCCO)cn1. The molecule has 0 aliphatic carbocycles. The molecular formula is C12H23N5O. The zero-order valence-corrected chi connectivity index (χ0v) is 10.9. The second kappa shape index (κ2) is 9.76. The first kappa shape index (κ1) is 14.8. The number of rotatable bonds is 10. The number of hydrogen-bond donors (Lipinski definition) is 4. The Morgan fingerprint density at radius 1 is 1.06 bits per heavy atom. The Bertz CT molecular complexity index is 304. The monoisotopic (exact) mass is 253 g/mol. The Kier molecular flexibility index (Phi) is 8.03. The van der Waals surface area contributed by atoms with E-state index in [9.17, 15) is 0 Å². The topological polar surface area (TPSA) is 82.1 Å². The lowest BCUT2D eigenvalue weighted by atomic mass is 10.3. The molecule has 0 saturated carbocycles. The Morgan fingerprint density at radius 2 is 1.78 bits per heavy atom. The first-order chi connectivity index (χ1) is 8.86. The fourth-order valence-corrected chi connectivity index (χ4v) is 1.39. The molecule has 1 aromatic heterocycles. The maximum Gasteiger partial charge on any atom is 0.222 e. The molecule has 102 valence electrons. The van der Waals surface area contributed by atoms with Crippen LogP contribution >= 0.6 is 0 Å². The molecule has 0 aliphatic heterocycles. The lowest BCUT2D eigenvalue weighted by molar-refractivity contribution is 0.292. The average molecular weight is 253 g/mol. The van der Waals surface area contributed by atoms with Crippen molar-refractivity contribution >= 4 is 5.95 Å². The van der Waals surface area contributed by atoms with Crippen LogP contribution in [0.5, 0.6) is 0 Å². The van der Waals surface area contributed by atoms with Crippen LogP contribution in [-0.4, -0.2) is 47.9 Å². The lowest BCUT2D eigenvalue weighted by Gasteiger charge is -2.06. The van der Waals surface area contributed by atoms with Gasteiger partial charge in [0, 0.05) is 50.7 Å². The molecule has 0 saturated heterocycles. The molecule has 1 heterocycles. The third kappa shape index (κ3) is 6.48. The predicted octanol–water partition coefficient (Wildman–Crippen LogP) is -0.0300. The van der Waals surface area contributed by atoms with Crippen LogP contribution in [0.1, 0.15) is 18.9 Å². The van der Waals surface area contributed by atoms with E-state index in [0.717, 1.165) is 38.2 Å². The molecule has 6 heteroatoms. The molecule has 6 nitrogen and oxygen atoms in total. The summed E-state index contributed by atoms with van der Waals surface area (Å²) in [6, 6.07) is 0. The van der Waals surface area contributed by atoms with Crippen molar-refractivity contribution in [1.82, 2.24) is 20.6 Å². The van der Waals surface area contributed by atoms with E-state index in [4.69, 9.17) is 5.11 Å². The normalized spacial score (nSPS) is 10.6. The maximum atomic E-state index is 8.58. The van der Waals surface area contributed by atoms with Gasteiger partial charge in [0.25, 0.3) is 0 Å². The van der Waals surface area contributed by atoms with Gasteiger partial charge in [-0.1, -0.05) is 6.92 Å². The highest BCUT2D eigenvalue weighted by molar-refractivity contribution is 5.24. The van der Waals surface area contributed by atoms with Crippen LogP contribution in [0.25, 0.3) is 0 Å². The average Bonchev–Trinajstić information content (AvgIpc) is 2.42. The van der Waals surface area contributed by atoms with Gasteiger partial charge in [0.15, 0.2) is 0 Å². The van der Waals surface area contributed by atoms with Gasteiger partial charge in [-0.2, -0.15) is 0 Å². The molecule has 0 fully saturated rings. The molecule has 4 N–H and O–H groups in total. The number of aliphatic hydroxyl groups excluding tert-OH is 1. The molecule has 1 aromatic rings. The molecule has 0 atom stereocenters. The fraction of sp³-hybridized carbons (Fsp3) is 0.667. The van der Waals surface area contributed by atoms with Gasteiger partial charge in [-0.25, -0.2) is 9.97 Å². The van der Waals surface area contributed by atoms with Gasteiger partial charge in [-0.3, -0.25) is 0 Å². The van der Waals surface area contributed by atoms with Gasteiger partial charge in [-0.05, 0) is 6.42 Å². The van der Waals surface area contributed by atoms with E-state index in [1.165, 1.54) is 0 Å². The van der Waals surface area contributed by atoms with Gasteiger partial charge in [-0.15, -0.1) is 0 Å². The van der Waals surface area contributed by atoms with Crippen molar-refractivity contribution in [2.45, 2.75) is 19.9 Å². The summed E-state index contributed by atoms with van der Waals surface area (Å²) >= 11 is 0. The number of aromatic nitrogens is 2. The number of aliphatic hydroxyl groups is 1. The highest BCUT2D eigenvalue weighted by Crippen LogP contribution is 1.99. The highest BCUT2D eigenvalue weighted by atomic mass is 16.3. The summed E-state index contributed by atoms with van der Waals surface area (Å²) in [5.74, 6) is 0.685. The van der Waals surface area contributed by atoms with Crippen LogP contribution < -0.4 is 16.0 Å². The van der Waals surface area contributed by atoms with E-state index in [1.807, 2.05) is 12.4 Å². The minimum atomic E-state index is 0.181. The van der Waals surface area contributed by atoms with Crippen LogP contribution in [-0.2, 0) is 6.54 Å². The zero-order valence-electron chi connectivity index (χ0n) is 10.9. The van der Waals surface area contributed by atoms with Crippen LogP contribution in [0, 0.1) is 0 Å². The first-order valence-electron chi connectivity index (χ1n) is 6.44. The quantitative estimate of drug-likeness (QED) is 0.438.